The Balaban J connectivity index is 1.60. The molecule has 0 bridgehead atoms. The summed E-state index contributed by atoms with van der Waals surface area (Å²) in [4.78, 5) is 23.1. The van der Waals surface area contributed by atoms with Gasteiger partial charge >= 0.3 is 0 Å². The molecule has 1 aliphatic carbocycles. The number of benzene rings is 1. The Kier molecular flexibility index (Phi) is 3.63. The number of rotatable bonds is 3. The van der Waals surface area contributed by atoms with Crippen molar-refractivity contribution in [1.82, 2.24) is 25.1 Å². The molecule has 0 radical (unpaired) electrons. The molecule has 1 aromatic carbocycles. The average molecular weight is 357 g/mol. The zero-order valence-electron chi connectivity index (χ0n) is 14.8. The van der Waals surface area contributed by atoms with E-state index in [0.717, 1.165) is 42.0 Å². The molecule has 0 saturated carbocycles. The third-order valence-electron chi connectivity index (χ3n) is 5.55. The molecule has 0 spiro atoms. The lowest BCUT2D eigenvalue weighted by atomic mass is 9.70. The maximum Gasteiger partial charge on any atom is 0.274 e. The number of allylic oxidation sites excluding steroid dienone is 1. The Bertz CT molecular complexity index is 966. The fourth-order valence-corrected chi connectivity index (χ4v) is 3.91. The Morgan fingerprint density at radius 3 is 2.70 bits per heavy atom. The van der Waals surface area contributed by atoms with E-state index in [1.807, 2.05) is 35.2 Å². The summed E-state index contributed by atoms with van der Waals surface area (Å²) in [6.45, 7) is 1.64. The predicted molar refractivity (Wildman–Crippen MR) is 101 cm³/mol. The van der Waals surface area contributed by atoms with Crippen molar-refractivity contribution in [3.05, 3.63) is 83.2 Å². The quantitative estimate of drug-likeness (QED) is 0.782. The zero-order valence-corrected chi connectivity index (χ0v) is 14.8. The van der Waals surface area contributed by atoms with E-state index in [2.05, 4.69) is 38.4 Å². The lowest BCUT2D eigenvalue weighted by Crippen LogP contribution is -2.42. The molecule has 27 heavy (non-hydrogen) atoms. The molecule has 1 saturated heterocycles. The van der Waals surface area contributed by atoms with Crippen molar-refractivity contribution in [2.75, 3.05) is 13.1 Å². The van der Waals surface area contributed by atoms with Crippen LogP contribution in [0.2, 0.25) is 0 Å². The monoisotopic (exact) mass is 357 g/mol. The van der Waals surface area contributed by atoms with Gasteiger partial charge in [-0.2, -0.15) is 5.10 Å². The van der Waals surface area contributed by atoms with Crippen molar-refractivity contribution in [3.63, 3.8) is 0 Å². The van der Waals surface area contributed by atoms with Crippen LogP contribution in [0.1, 0.15) is 39.4 Å². The van der Waals surface area contributed by atoms with Crippen LogP contribution in [0.3, 0.4) is 0 Å². The van der Waals surface area contributed by atoms with Crippen LogP contribution in [0.5, 0.6) is 0 Å². The molecule has 6 heteroatoms. The third-order valence-corrected chi connectivity index (χ3v) is 5.55. The van der Waals surface area contributed by atoms with Gasteiger partial charge in [0.25, 0.3) is 5.91 Å². The first-order valence-corrected chi connectivity index (χ1v) is 9.16. The largest absolute Gasteiger partial charge is 0.337 e. The van der Waals surface area contributed by atoms with Crippen LogP contribution >= 0.6 is 0 Å². The number of aromatic amines is 1. The van der Waals surface area contributed by atoms with Gasteiger partial charge in [-0.1, -0.05) is 42.5 Å². The van der Waals surface area contributed by atoms with Crippen LogP contribution in [-0.4, -0.2) is 44.1 Å². The van der Waals surface area contributed by atoms with Gasteiger partial charge in [-0.05, 0) is 18.1 Å². The number of likely N-dealkylation sites (tertiary alicyclic amines) is 1. The van der Waals surface area contributed by atoms with Crippen molar-refractivity contribution in [2.45, 2.75) is 18.3 Å². The van der Waals surface area contributed by atoms with E-state index >= 15 is 0 Å². The number of nitrogens with one attached hydrogen (secondary N) is 1. The molecule has 1 unspecified atom stereocenters. The van der Waals surface area contributed by atoms with Gasteiger partial charge in [0, 0.05) is 37.0 Å². The molecule has 6 nitrogen and oxygen atoms in total. The topological polar surface area (TPSA) is 74.8 Å². The minimum absolute atomic E-state index is 0.0117. The van der Waals surface area contributed by atoms with E-state index in [1.54, 1.807) is 12.5 Å². The van der Waals surface area contributed by atoms with Crippen molar-refractivity contribution in [1.29, 1.82) is 0 Å². The fraction of sp³-hybridized carbons (Fsp3) is 0.238. The van der Waals surface area contributed by atoms with Crippen LogP contribution in [0.15, 0.2) is 55.0 Å². The van der Waals surface area contributed by atoms with Gasteiger partial charge < -0.3 is 4.90 Å². The Morgan fingerprint density at radius 2 is 2.00 bits per heavy atom. The summed E-state index contributed by atoms with van der Waals surface area (Å²) in [5.74, 6) is 0.0117. The maximum absolute atomic E-state index is 12.7. The average Bonchev–Trinajstić information content (AvgIpc) is 3.11. The molecule has 5 rings (SSSR count). The fourth-order valence-electron chi connectivity index (χ4n) is 3.91. The van der Waals surface area contributed by atoms with Crippen LogP contribution in [0.25, 0.3) is 6.08 Å². The minimum atomic E-state index is -0.416. The highest BCUT2D eigenvalue weighted by Crippen LogP contribution is 2.40. The van der Waals surface area contributed by atoms with Crippen molar-refractivity contribution in [2.24, 2.45) is 0 Å². The van der Waals surface area contributed by atoms with Gasteiger partial charge in [0.15, 0.2) is 5.69 Å². The number of carbonyl (C=O) groups is 1. The number of hydrogen-bond acceptors (Lipinski definition) is 4. The van der Waals surface area contributed by atoms with Crippen molar-refractivity contribution < 1.29 is 4.79 Å². The van der Waals surface area contributed by atoms with E-state index in [0.29, 0.717) is 12.1 Å². The summed E-state index contributed by atoms with van der Waals surface area (Å²) in [6.07, 6.45) is 9.25. The zero-order chi connectivity index (χ0) is 18.3. The summed E-state index contributed by atoms with van der Waals surface area (Å²) >= 11 is 0. The molecular weight excluding hydrogens is 338 g/mol. The smallest absolute Gasteiger partial charge is 0.274 e. The summed E-state index contributed by atoms with van der Waals surface area (Å²) in [7, 11) is 0. The number of H-pyrrole nitrogens is 1. The summed E-state index contributed by atoms with van der Waals surface area (Å²) in [5.41, 5.74) is 4.04. The Morgan fingerprint density at radius 1 is 1.15 bits per heavy atom. The highest BCUT2D eigenvalue weighted by Gasteiger charge is 2.39. The van der Waals surface area contributed by atoms with Gasteiger partial charge in [-0.25, -0.2) is 9.97 Å². The highest BCUT2D eigenvalue weighted by molar-refractivity contribution is 5.97. The lowest BCUT2D eigenvalue weighted by Gasteiger charge is -2.33. The molecule has 1 fully saturated rings. The minimum Gasteiger partial charge on any atom is -0.337 e. The molecule has 3 heterocycles. The SMILES string of the molecule is O=C(c1n[nH]c2c1C=CC(c1ccccc1)(c1ccncn1)C2)N1CCC1. The maximum atomic E-state index is 12.7. The summed E-state index contributed by atoms with van der Waals surface area (Å²) in [5, 5.41) is 7.47. The van der Waals surface area contributed by atoms with E-state index in [-0.39, 0.29) is 5.91 Å². The first kappa shape index (κ1) is 15.9. The molecule has 3 aromatic rings. The third kappa shape index (κ3) is 2.48. The van der Waals surface area contributed by atoms with Crippen LogP contribution < -0.4 is 0 Å². The molecule has 1 aliphatic heterocycles. The van der Waals surface area contributed by atoms with E-state index < -0.39 is 5.41 Å². The van der Waals surface area contributed by atoms with Gasteiger partial charge in [0.05, 0.1) is 11.1 Å². The molecule has 134 valence electrons. The van der Waals surface area contributed by atoms with Crippen LogP contribution in [-0.2, 0) is 11.8 Å². The number of amides is 1. The van der Waals surface area contributed by atoms with Gasteiger partial charge in [-0.15, -0.1) is 0 Å². The van der Waals surface area contributed by atoms with Crippen LogP contribution in [0, 0.1) is 0 Å². The van der Waals surface area contributed by atoms with E-state index in [4.69, 9.17) is 0 Å². The molecular formula is C21H19N5O. The molecule has 2 aliphatic rings. The highest BCUT2D eigenvalue weighted by atomic mass is 16.2. The van der Waals surface area contributed by atoms with E-state index in [1.165, 1.54) is 0 Å². The predicted octanol–water partition coefficient (Wildman–Crippen LogP) is 2.60. The normalized spacial score (nSPS) is 20.8. The second kappa shape index (κ2) is 6.16. The Hall–Kier alpha value is -3.28. The number of carbonyl (C=O) groups excluding carboxylic acids is 1. The van der Waals surface area contributed by atoms with Gasteiger partial charge in [-0.3, -0.25) is 9.89 Å². The molecule has 1 N–H and O–H groups in total. The van der Waals surface area contributed by atoms with Gasteiger partial charge in [0.1, 0.15) is 6.33 Å². The Labute approximate surface area is 157 Å². The summed E-state index contributed by atoms with van der Waals surface area (Å²) < 4.78 is 0. The number of fused-ring (bicyclic) bond motifs is 1. The van der Waals surface area contributed by atoms with Crippen LogP contribution in [0.4, 0.5) is 0 Å². The van der Waals surface area contributed by atoms with Gasteiger partial charge in [0.2, 0.25) is 0 Å². The second-order valence-electron chi connectivity index (χ2n) is 7.05. The molecule has 1 amide bonds. The number of nitrogens with zero attached hydrogens (tertiary/aromatic N) is 4. The standard InChI is InChI=1S/C21H19N5O/c27-20(26-11-4-12-26)19-16-7-9-21(13-17(16)24-25-19,15-5-2-1-3-6-15)18-8-10-22-14-23-18/h1-3,5-10,14H,4,11-13H2,(H,24,25). The van der Waals surface area contributed by atoms with Crippen molar-refractivity contribution in [3.8, 4) is 0 Å². The van der Waals surface area contributed by atoms with E-state index in [9.17, 15) is 4.79 Å². The number of aromatic nitrogens is 4. The lowest BCUT2D eigenvalue weighted by molar-refractivity contribution is 0.0645. The molecule has 1 atom stereocenters. The first-order valence-electron chi connectivity index (χ1n) is 9.16. The van der Waals surface area contributed by atoms with Crippen molar-refractivity contribution >= 4 is 12.0 Å². The first-order chi connectivity index (χ1) is 13.3. The number of hydrogen-bond donors (Lipinski definition) is 1. The summed E-state index contributed by atoms with van der Waals surface area (Å²) in [6, 6.07) is 12.3. The molecule has 2 aromatic heterocycles. The second-order valence-corrected chi connectivity index (χ2v) is 7.05.